The van der Waals surface area contributed by atoms with Crippen LogP contribution in [0.1, 0.15) is 77.1 Å². The predicted molar refractivity (Wildman–Crippen MR) is 207 cm³/mol. The third-order valence-electron chi connectivity index (χ3n) is 10.7. The van der Waals surface area contributed by atoms with Gasteiger partial charge in [0.15, 0.2) is 0 Å². The van der Waals surface area contributed by atoms with Crippen molar-refractivity contribution in [1.82, 2.24) is 0 Å². The molecule has 3 aromatic rings. The fourth-order valence-electron chi connectivity index (χ4n) is 7.17. The number of hydrogen-bond acceptors (Lipinski definition) is 8. The molecule has 0 saturated carbocycles. The first kappa shape index (κ1) is 38.0. The summed E-state index contributed by atoms with van der Waals surface area (Å²) in [5.41, 5.74) is 7.39. The van der Waals surface area contributed by atoms with Gasteiger partial charge in [0, 0.05) is 74.2 Å². The Kier molecular flexibility index (Phi) is 12.3. The number of anilines is 2. The quantitative estimate of drug-likeness (QED) is 0.0779. The van der Waals surface area contributed by atoms with Crippen molar-refractivity contribution in [2.24, 2.45) is 0 Å². The van der Waals surface area contributed by atoms with Crippen molar-refractivity contribution < 1.29 is 27.5 Å². The average molecular weight is 717 g/mol. The van der Waals surface area contributed by atoms with Crippen LogP contribution < -0.4 is 9.80 Å². The van der Waals surface area contributed by atoms with E-state index >= 15 is 0 Å². The highest BCUT2D eigenvalue weighted by Gasteiger charge is 2.40. The Balaban J connectivity index is 1.11. The topological polar surface area (TPSA) is 71.8 Å². The van der Waals surface area contributed by atoms with Gasteiger partial charge in [0.05, 0.1) is 38.1 Å². The summed E-state index contributed by atoms with van der Waals surface area (Å²) in [5, 5.41) is 0. The molecule has 0 aromatic heterocycles. The maximum atomic E-state index is 6.11. The number of epoxide rings is 3. The molecule has 0 N–H and O–H groups in total. The summed E-state index contributed by atoms with van der Waals surface area (Å²) >= 11 is 0. The molecule has 3 aliphatic rings. The second-order valence-corrected chi connectivity index (χ2v) is 18.0. The van der Waals surface area contributed by atoms with Crippen LogP contribution in [0, 0.1) is 0 Å². The molecule has 3 saturated heterocycles. The number of ether oxygens (including phenoxy) is 3. The lowest BCUT2D eigenvalue weighted by Gasteiger charge is -2.31. The monoisotopic (exact) mass is 716 g/mol. The first-order chi connectivity index (χ1) is 24.6. The third-order valence-corrected chi connectivity index (χ3v) is 13.9. The molecular formula is C42H60N2O6Si. The van der Waals surface area contributed by atoms with Crippen molar-refractivity contribution in [3.8, 4) is 0 Å². The van der Waals surface area contributed by atoms with E-state index in [1.54, 1.807) is 0 Å². The van der Waals surface area contributed by atoms with Crippen LogP contribution in [0.5, 0.6) is 0 Å². The van der Waals surface area contributed by atoms with Gasteiger partial charge in [-0.2, -0.15) is 0 Å². The van der Waals surface area contributed by atoms with Gasteiger partial charge < -0.3 is 37.3 Å². The van der Waals surface area contributed by atoms with Gasteiger partial charge in [-0.15, -0.1) is 0 Å². The molecule has 9 heteroatoms. The molecule has 6 rings (SSSR count). The predicted octanol–water partition coefficient (Wildman–Crippen LogP) is 7.59. The van der Waals surface area contributed by atoms with Crippen molar-refractivity contribution in [2.45, 2.75) is 90.1 Å². The van der Waals surface area contributed by atoms with E-state index in [1.807, 2.05) is 20.8 Å². The van der Waals surface area contributed by atoms with E-state index in [1.165, 1.54) is 33.6 Å². The first-order valence-electron chi connectivity index (χ1n) is 19.2. The highest BCUT2D eigenvalue weighted by Crippen LogP contribution is 2.37. The van der Waals surface area contributed by atoms with Crippen LogP contribution in [0.3, 0.4) is 0 Å². The SMILES string of the molecule is CCO[Si](CCCN(CC1CO1)c1ccc(C(C)(C)c2ccc(C(C)(C)c3ccc(N(CC4CO4)CC4CO4)cc3)cc2)cc1)(OCC)OCC. The Bertz CT molecular complexity index is 1490. The summed E-state index contributed by atoms with van der Waals surface area (Å²) in [6.07, 6.45) is 1.94. The molecule has 51 heavy (non-hydrogen) atoms. The zero-order valence-electron chi connectivity index (χ0n) is 32.0. The van der Waals surface area contributed by atoms with Crippen molar-refractivity contribution in [3.05, 3.63) is 95.1 Å². The van der Waals surface area contributed by atoms with Crippen molar-refractivity contribution in [3.63, 3.8) is 0 Å². The summed E-state index contributed by atoms with van der Waals surface area (Å²) in [6.45, 7) is 23.3. The highest BCUT2D eigenvalue weighted by molar-refractivity contribution is 6.60. The molecule has 0 aliphatic carbocycles. The zero-order valence-corrected chi connectivity index (χ0v) is 33.0. The Morgan fingerprint density at radius 2 is 0.863 bits per heavy atom. The fourth-order valence-corrected chi connectivity index (χ4v) is 9.76. The normalized spacial score (nSPS) is 19.9. The van der Waals surface area contributed by atoms with E-state index in [9.17, 15) is 0 Å². The molecule has 3 aromatic carbocycles. The Morgan fingerprint density at radius 3 is 1.20 bits per heavy atom. The summed E-state index contributed by atoms with van der Waals surface area (Å²) in [5.74, 6) is 0. The minimum atomic E-state index is -2.67. The van der Waals surface area contributed by atoms with Gasteiger partial charge in [0.2, 0.25) is 0 Å². The maximum Gasteiger partial charge on any atom is 0.500 e. The Morgan fingerprint density at radius 1 is 0.549 bits per heavy atom. The van der Waals surface area contributed by atoms with E-state index in [-0.39, 0.29) is 10.8 Å². The summed E-state index contributed by atoms with van der Waals surface area (Å²) < 4.78 is 35.1. The molecule has 8 nitrogen and oxygen atoms in total. The first-order valence-corrected chi connectivity index (χ1v) is 21.1. The lowest BCUT2D eigenvalue weighted by molar-refractivity contribution is 0.0709. The van der Waals surface area contributed by atoms with E-state index in [2.05, 4.69) is 110 Å². The molecule has 3 unspecified atom stereocenters. The van der Waals surface area contributed by atoms with Crippen molar-refractivity contribution in [1.29, 1.82) is 0 Å². The molecule has 0 radical (unpaired) electrons. The fraction of sp³-hybridized carbons (Fsp3) is 0.571. The lowest BCUT2D eigenvalue weighted by atomic mass is 9.74. The van der Waals surface area contributed by atoms with E-state index in [0.717, 1.165) is 58.5 Å². The lowest BCUT2D eigenvalue weighted by Crippen LogP contribution is -2.46. The summed E-state index contributed by atoms with van der Waals surface area (Å²) in [6, 6.07) is 28.3. The van der Waals surface area contributed by atoms with Crippen LogP contribution in [0.2, 0.25) is 6.04 Å². The maximum absolute atomic E-state index is 6.11. The van der Waals surface area contributed by atoms with Gasteiger partial charge in [0.25, 0.3) is 0 Å². The summed E-state index contributed by atoms with van der Waals surface area (Å²) in [4.78, 5) is 4.86. The van der Waals surface area contributed by atoms with Crippen LogP contribution >= 0.6 is 0 Å². The standard InChI is InChI=1S/C42H60N2O6Si/c1-8-48-51(49-9-2,50-10-3)25-11-24-43(26-38-29-45-38)36-20-16-34(17-21-36)41(4,5)32-12-14-33(15-13-32)42(6,7)35-18-22-37(23-19-35)44(27-39-30-46-39)28-40-31-47-40/h12-23,38-40H,8-11,24-31H2,1-7H3. The Labute approximate surface area is 307 Å². The third kappa shape index (κ3) is 9.82. The van der Waals surface area contributed by atoms with Crippen LogP contribution in [-0.4, -0.2) is 92.9 Å². The zero-order chi connectivity index (χ0) is 36.1. The van der Waals surface area contributed by atoms with E-state index in [4.69, 9.17) is 27.5 Å². The molecular weight excluding hydrogens is 657 g/mol. The van der Waals surface area contributed by atoms with Gasteiger partial charge in [0.1, 0.15) is 0 Å². The number of benzene rings is 3. The van der Waals surface area contributed by atoms with Crippen LogP contribution in [0.15, 0.2) is 72.8 Å². The smallest absolute Gasteiger partial charge is 0.374 e. The average Bonchev–Trinajstić information content (AvgIpc) is 3.98. The molecule has 3 atom stereocenters. The molecule has 0 amide bonds. The second-order valence-electron chi connectivity index (χ2n) is 15.2. The van der Waals surface area contributed by atoms with Crippen molar-refractivity contribution >= 4 is 20.2 Å². The molecule has 3 heterocycles. The van der Waals surface area contributed by atoms with Gasteiger partial charge in [-0.25, -0.2) is 0 Å². The second kappa shape index (κ2) is 16.5. The van der Waals surface area contributed by atoms with E-state index in [0.29, 0.717) is 38.1 Å². The molecule has 3 fully saturated rings. The molecule has 0 spiro atoms. The number of nitrogens with zero attached hydrogens (tertiary/aromatic N) is 2. The number of rotatable bonds is 22. The molecule has 0 bridgehead atoms. The van der Waals surface area contributed by atoms with Crippen LogP contribution in [0.4, 0.5) is 11.4 Å². The van der Waals surface area contributed by atoms with Gasteiger partial charge in [-0.05, 0) is 73.7 Å². The van der Waals surface area contributed by atoms with Gasteiger partial charge in [-0.3, -0.25) is 0 Å². The largest absolute Gasteiger partial charge is 0.500 e. The number of hydrogen-bond donors (Lipinski definition) is 0. The minimum Gasteiger partial charge on any atom is -0.374 e. The van der Waals surface area contributed by atoms with Crippen LogP contribution in [0.25, 0.3) is 0 Å². The van der Waals surface area contributed by atoms with Gasteiger partial charge >= 0.3 is 8.80 Å². The van der Waals surface area contributed by atoms with E-state index < -0.39 is 8.80 Å². The van der Waals surface area contributed by atoms with Crippen LogP contribution in [-0.2, 0) is 38.3 Å². The Hall–Kier alpha value is -2.76. The minimum absolute atomic E-state index is 0.127. The van der Waals surface area contributed by atoms with Gasteiger partial charge in [-0.1, -0.05) is 76.2 Å². The molecule has 3 aliphatic heterocycles. The van der Waals surface area contributed by atoms with Crippen molar-refractivity contribution in [2.75, 3.05) is 75.6 Å². The highest BCUT2D eigenvalue weighted by atomic mass is 28.4. The summed E-state index contributed by atoms with van der Waals surface area (Å²) in [7, 11) is -2.67. The molecule has 278 valence electrons.